The highest BCUT2D eigenvalue weighted by Crippen LogP contribution is 2.42. The van der Waals surface area contributed by atoms with Crippen molar-refractivity contribution in [1.29, 1.82) is 0 Å². The number of amides is 4. The molecule has 70 heavy (non-hydrogen) atoms. The first-order valence-electron chi connectivity index (χ1n) is 23.0. The second kappa shape index (κ2) is 19.4. The van der Waals surface area contributed by atoms with Crippen LogP contribution in [-0.4, -0.2) is 111 Å². The molecule has 4 amide bonds. The van der Waals surface area contributed by atoms with E-state index in [2.05, 4.69) is 64.9 Å². The van der Waals surface area contributed by atoms with Crippen LogP contribution in [-0.2, 0) is 39.3 Å². The monoisotopic (exact) mass is 947 g/mol. The van der Waals surface area contributed by atoms with Gasteiger partial charge in [0.2, 0.25) is 17.6 Å². The molecule has 0 aliphatic carbocycles. The molecule has 2 saturated heterocycles. The number of benzene rings is 3. The number of allylic oxidation sites excluding steroid dienone is 1. The highest BCUT2D eigenvalue weighted by molar-refractivity contribution is 6.06. The van der Waals surface area contributed by atoms with E-state index in [1.807, 2.05) is 30.3 Å². The predicted octanol–water partition coefficient (Wildman–Crippen LogP) is 5.97. The second-order valence-corrected chi connectivity index (χ2v) is 18.2. The van der Waals surface area contributed by atoms with Crippen molar-refractivity contribution >= 4 is 51.7 Å². The molecule has 19 nitrogen and oxygen atoms in total. The molecule has 1 unspecified atom stereocenters. The van der Waals surface area contributed by atoms with E-state index in [0.29, 0.717) is 77.8 Å². The van der Waals surface area contributed by atoms with Gasteiger partial charge in [-0.25, -0.2) is 24.3 Å². The molecule has 6 heterocycles. The van der Waals surface area contributed by atoms with Crippen molar-refractivity contribution in [2.45, 2.75) is 64.6 Å². The number of imide groups is 1. The SMILES string of the molecule is C=CCn1c(=O)c2cnc(Cc3ccc(N4CCN(C(=O)COc5c(OC)cc(N=Nc6cccc7c6CN(C6CCC(=O)NC6=O)C7=O)cc5OC)CC4)cc3)nc2n1-c1cccc(C(C)(C)C)n1. The Bertz CT molecular complexity index is 3100. The van der Waals surface area contributed by atoms with Gasteiger partial charge in [0.05, 0.1) is 32.1 Å². The van der Waals surface area contributed by atoms with Gasteiger partial charge < -0.3 is 28.9 Å². The summed E-state index contributed by atoms with van der Waals surface area (Å²) in [6.07, 6.45) is 4.12. The molecule has 6 aromatic rings. The molecule has 0 radical (unpaired) electrons. The Kier molecular flexibility index (Phi) is 13.0. The minimum atomic E-state index is -0.754. The smallest absolute Gasteiger partial charge is 0.278 e. The third kappa shape index (κ3) is 9.33. The number of nitrogens with zero attached hydrogens (tertiary/aromatic N) is 10. The Morgan fingerprint density at radius 2 is 1.64 bits per heavy atom. The van der Waals surface area contributed by atoms with E-state index in [0.717, 1.165) is 16.9 Å². The lowest BCUT2D eigenvalue weighted by atomic mass is 9.92. The zero-order chi connectivity index (χ0) is 49.3. The molecule has 360 valence electrons. The quantitative estimate of drug-likeness (QED) is 0.0761. The number of fused-ring (bicyclic) bond motifs is 2. The predicted molar refractivity (Wildman–Crippen MR) is 260 cm³/mol. The number of anilines is 1. The van der Waals surface area contributed by atoms with Gasteiger partial charge in [-0.2, -0.15) is 10.2 Å². The fraction of sp³-hybridized carbons (Fsp3) is 0.333. The first-order chi connectivity index (χ1) is 33.7. The Morgan fingerprint density at radius 1 is 0.914 bits per heavy atom. The normalized spacial score (nSPS) is 16.2. The Labute approximate surface area is 403 Å². The van der Waals surface area contributed by atoms with Gasteiger partial charge in [-0.3, -0.25) is 29.3 Å². The molecule has 0 bridgehead atoms. The maximum atomic E-state index is 13.5. The van der Waals surface area contributed by atoms with Gasteiger partial charge in [0.1, 0.15) is 17.3 Å². The number of azo groups is 1. The number of pyridine rings is 1. The summed E-state index contributed by atoms with van der Waals surface area (Å²) in [7, 11) is 2.94. The molecular weight excluding hydrogens is 895 g/mol. The van der Waals surface area contributed by atoms with Gasteiger partial charge in [0.15, 0.2) is 29.6 Å². The summed E-state index contributed by atoms with van der Waals surface area (Å²) in [5, 5.41) is 11.6. The van der Waals surface area contributed by atoms with E-state index in [-0.39, 0.29) is 78.5 Å². The van der Waals surface area contributed by atoms with Crippen LogP contribution in [0.4, 0.5) is 17.1 Å². The number of hydrogen-bond acceptors (Lipinski definition) is 14. The average Bonchev–Trinajstić information content (AvgIpc) is 3.84. The van der Waals surface area contributed by atoms with Crippen LogP contribution in [0.25, 0.3) is 16.9 Å². The van der Waals surface area contributed by atoms with Crippen LogP contribution < -0.4 is 30.0 Å². The van der Waals surface area contributed by atoms with E-state index in [4.69, 9.17) is 24.2 Å². The maximum Gasteiger partial charge on any atom is 0.278 e. The lowest BCUT2D eigenvalue weighted by Gasteiger charge is -2.36. The molecule has 1 atom stereocenters. The van der Waals surface area contributed by atoms with Crippen molar-refractivity contribution < 1.29 is 33.4 Å². The van der Waals surface area contributed by atoms with Gasteiger partial charge in [-0.1, -0.05) is 51.1 Å². The summed E-state index contributed by atoms with van der Waals surface area (Å²) in [6.45, 7) is 12.5. The van der Waals surface area contributed by atoms with Gasteiger partial charge in [-0.15, -0.1) is 6.58 Å². The van der Waals surface area contributed by atoms with E-state index in [1.165, 1.54) is 19.1 Å². The number of rotatable bonds is 14. The Morgan fingerprint density at radius 3 is 2.33 bits per heavy atom. The zero-order valence-corrected chi connectivity index (χ0v) is 39.7. The summed E-state index contributed by atoms with van der Waals surface area (Å²) in [6, 6.07) is 21.6. The summed E-state index contributed by atoms with van der Waals surface area (Å²) in [5.41, 5.74) is 4.85. The minimum absolute atomic E-state index is 0.147. The molecule has 1 N–H and O–H groups in total. The van der Waals surface area contributed by atoms with Crippen LogP contribution >= 0.6 is 0 Å². The van der Waals surface area contributed by atoms with Crippen LogP contribution in [0, 0.1) is 0 Å². The molecule has 19 heteroatoms. The van der Waals surface area contributed by atoms with Crippen LogP contribution in [0.15, 0.2) is 107 Å². The highest BCUT2D eigenvalue weighted by atomic mass is 16.5. The van der Waals surface area contributed by atoms with E-state index >= 15 is 0 Å². The number of ether oxygens (including phenoxy) is 3. The molecule has 3 aliphatic heterocycles. The third-order valence-corrected chi connectivity index (χ3v) is 12.7. The van der Waals surface area contributed by atoms with Gasteiger partial charge in [0, 0.05) is 91.8 Å². The minimum Gasteiger partial charge on any atom is -0.493 e. The number of carbonyl (C=O) groups is 4. The third-order valence-electron chi connectivity index (χ3n) is 12.7. The molecule has 3 aromatic heterocycles. The number of aromatic nitrogens is 5. The first-order valence-corrected chi connectivity index (χ1v) is 23.0. The highest BCUT2D eigenvalue weighted by Gasteiger charge is 2.40. The van der Waals surface area contributed by atoms with Gasteiger partial charge in [-0.05, 0) is 48.4 Å². The summed E-state index contributed by atoms with van der Waals surface area (Å²) in [4.78, 5) is 84.4. The number of hydrogen-bond donors (Lipinski definition) is 1. The van der Waals surface area contributed by atoms with Crippen molar-refractivity contribution in [3.05, 3.63) is 130 Å². The maximum absolute atomic E-state index is 13.5. The lowest BCUT2D eigenvalue weighted by Crippen LogP contribution is -2.52. The summed E-state index contributed by atoms with van der Waals surface area (Å²) < 4.78 is 20.7. The lowest BCUT2D eigenvalue weighted by molar-refractivity contribution is -0.137. The molecule has 2 fully saturated rings. The molecule has 0 spiro atoms. The number of nitrogens with one attached hydrogen (secondary N) is 1. The molecule has 0 saturated carbocycles. The number of piperidine rings is 1. The second-order valence-electron chi connectivity index (χ2n) is 18.2. The van der Waals surface area contributed by atoms with Crippen molar-refractivity contribution in [2.75, 3.05) is 51.9 Å². The van der Waals surface area contributed by atoms with Crippen LogP contribution in [0.1, 0.15) is 66.6 Å². The number of methoxy groups -OCH3 is 2. The van der Waals surface area contributed by atoms with Crippen LogP contribution in [0.5, 0.6) is 17.2 Å². The number of carbonyl (C=O) groups excluding carboxylic acids is 4. The topological polar surface area (TPSA) is 208 Å². The van der Waals surface area contributed by atoms with Gasteiger partial charge >= 0.3 is 0 Å². The molecular formula is C51H53N11O8. The van der Waals surface area contributed by atoms with E-state index < -0.39 is 11.9 Å². The standard InChI is InChI=1S/C51H53N11O8/c1-7-20-61-50(67)35-28-52-42(54-47(35)62(61)43-13-9-12-41(53-43)51(2,3)4)25-31-14-16-33(17-15-31)58-21-23-59(24-22-58)45(64)30-70-46-39(68-5)26-32(27-40(46)69-6)56-57-37-11-8-10-34-36(37)29-60(49(34)66)38-18-19-44(63)55-48(38)65/h7-17,26-28,38H,1,18-25,29-30H2,2-6H3,(H,55,63,65). The van der Waals surface area contributed by atoms with Crippen LogP contribution in [0.3, 0.4) is 0 Å². The summed E-state index contributed by atoms with van der Waals surface area (Å²) >= 11 is 0. The van der Waals surface area contributed by atoms with Crippen molar-refractivity contribution in [2.24, 2.45) is 10.2 Å². The van der Waals surface area contributed by atoms with Gasteiger partial charge in [0.25, 0.3) is 17.4 Å². The fourth-order valence-corrected chi connectivity index (χ4v) is 8.91. The van der Waals surface area contributed by atoms with Crippen molar-refractivity contribution in [3.63, 3.8) is 0 Å². The largest absolute Gasteiger partial charge is 0.493 e. The average molecular weight is 948 g/mol. The van der Waals surface area contributed by atoms with Crippen molar-refractivity contribution in [3.8, 4) is 23.1 Å². The van der Waals surface area contributed by atoms with E-state index in [1.54, 1.807) is 56.9 Å². The Hall–Kier alpha value is -8.22. The Balaban J connectivity index is 0.813. The zero-order valence-electron chi connectivity index (χ0n) is 39.7. The fourth-order valence-electron chi connectivity index (χ4n) is 8.91. The molecule has 9 rings (SSSR count). The number of piperazine rings is 1. The van der Waals surface area contributed by atoms with E-state index in [9.17, 15) is 24.0 Å². The van der Waals surface area contributed by atoms with Crippen molar-refractivity contribution in [1.82, 2.24) is 39.4 Å². The van der Waals surface area contributed by atoms with Crippen LogP contribution in [0.2, 0.25) is 0 Å². The first kappa shape index (κ1) is 46.9. The molecule has 3 aliphatic rings. The molecule has 3 aromatic carbocycles. The summed E-state index contributed by atoms with van der Waals surface area (Å²) in [5.74, 6) is 0.599.